The van der Waals surface area contributed by atoms with Gasteiger partial charge in [-0.15, -0.1) is 0 Å². The third-order valence-corrected chi connectivity index (χ3v) is 10.4. The number of rotatable bonds is 20. The highest BCUT2D eigenvalue weighted by molar-refractivity contribution is 6.60. The summed E-state index contributed by atoms with van der Waals surface area (Å²) < 4.78 is 23.3. The predicted octanol–water partition coefficient (Wildman–Crippen LogP) is 1.55. The lowest BCUT2D eigenvalue weighted by molar-refractivity contribution is -0.143. The molecule has 0 saturated carbocycles. The molecule has 13 nitrogen and oxygen atoms in total. The zero-order valence-corrected chi connectivity index (χ0v) is 27.4. The van der Waals surface area contributed by atoms with Crippen LogP contribution >= 0.6 is 0 Å². The van der Waals surface area contributed by atoms with Crippen molar-refractivity contribution >= 4 is 26.7 Å². The zero-order valence-electron chi connectivity index (χ0n) is 26.4. The van der Waals surface area contributed by atoms with Crippen molar-refractivity contribution in [1.82, 2.24) is 19.6 Å². The van der Waals surface area contributed by atoms with Crippen LogP contribution < -0.4 is 0 Å². The van der Waals surface area contributed by atoms with Gasteiger partial charge in [0.2, 0.25) is 0 Å². The summed E-state index contributed by atoms with van der Waals surface area (Å²) in [6.45, 7) is 17.5. The quantitative estimate of drug-likeness (QED) is 0.150. The molecule has 1 rings (SSSR count). The average molecular weight is 621 g/mol. The van der Waals surface area contributed by atoms with Crippen LogP contribution in [-0.2, 0) is 32.4 Å². The number of carboxylic acids is 2. The minimum absolute atomic E-state index is 0.0434. The minimum Gasteiger partial charge on any atom is -0.481 e. The van der Waals surface area contributed by atoms with E-state index in [1.54, 1.807) is 6.92 Å². The third-order valence-electron chi connectivity index (χ3n) is 7.20. The van der Waals surface area contributed by atoms with Crippen LogP contribution in [0.2, 0.25) is 6.04 Å². The van der Waals surface area contributed by atoms with E-state index in [1.165, 1.54) is 0 Å². The Morgan fingerprint density at radius 2 is 0.929 bits per heavy atom. The van der Waals surface area contributed by atoms with Gasteiger partial charge >= 0.3 is 26.7 Å². The first-order valence-corrected chi connectivity index (χ1v) is 17.5. The van der Waals surface area contributed by atoms with E-state index in [2.05, 4.69) is 19.6 Å². The molecule has 42 heavy (non-hydrogen) atoms. The normalized spacial score (nSPS) is 17.4. The highest BCUT2D eigenvalue weighted by Crippen LogP contribution is 2.19. The van der Waals surface area contributed by atoms with Crippen molar-refractivity contribution in [2.24, 2.45) is 0 Å². The molecule has 1 heterocycles. The SMILES string of the molecule is CCOC(=O)CCN1CCN(CCC[Si](OCC)(OCC)OCC)CCN(CCC(=O)O)CCN(CCC(=O)O)CC1. The second kappa shape index (κ2) is 22.8. The van der Waals surface area contributed by atoms with Crippen molar-refractivity contribution in [3.05, 3.63) is 0 Å². The van der Waals surface area contributed by atoms with Crippen molar-refractivity contribution in [3.8, 4) is 0 Å². The Hall–Kier alpha value is -1.65. The first-order chi connectivity index (χ1) is 20.2. The monoisotopic (exact) mass is 620 g/mol. The second-order valence-electron chi connectivity index (χ2n) is 10.3. The summed E-state index contributed by atoms with van der Waals surface area (Å²) in [4.78, 5) is 43.6. The molecule has 0 aromatic rings. The van der Waals surface area contributed by atoms with Gasteiger partial charge in [-0.2, -0.15) is 0 Å². The Morgan fingerprint density at radius 3 is 1.26 bits per heavy atom. The van der Waals surface area contributed by atoms with Crippen LogP contribution in [0.25, 0.3) is 0 Å². The number of hydrogen-bond donors (Lipinski definition) is 2. The van der Waals surface area contributed by atoms with Gasteiger partial charge < -0.3 is 47.8 Å². The smallest absolute Gasteiger partial charge is 0.481 e. The van der Waals surface area contributed by atoms with Gasteiger partial charge in [0, 0.05) is 97.9 Å². The minimum atomic E-state index is -2.76. The maximum Gasteiger partial charge on any atom is 0.500 e. The fourth-order valence-corrected chi connectivity index (χ4v) is 7.58. The van der Waals surface area contributed by atoms with Crippen LogP contribution in [0.15, 0.2) is 0 Å². The van der Waals surface area contributed by atoms with Crippen LogP contribution in [0, 0.1) is 0 Å². The van der Waals surface area contributed by atoms with Crippen LogP contribution in [0.3, 0.4) is 0 Å². The fourth-order valence-electron chi connectivity index (χ4n) is 4.98. The first-order valence-electron chi connectivity index (χ1n) is 15.6. The highest BCUT2D eigenvalue weighted by Gasteiger charge is 2.39. The van der Waals surface area contributed by atoms with E-state index in [1.807, 2.05) is 20.8 Å². The summed E-state index contributed by atoms with van der Waals surface area (Å²) >= 11 is 0. The molecule has 0 unspecified atom stereocenters. The molecule has 14 heteroatoms. The fraction of sp³-hybridized carbons (Fsp3) is 0.893. The number of carboxylic acid groups (broad SMARTS) is 2. The van der Waals surface area contributed by atoms with E-state index in [0.717, 1.165) is 32.6 Å². The molecule has 0 spiro atoms. The summed E-state index contributed by atoms with van der Waals surface area (Å²) in [6.07, 6.45) is 1.24. The van der Waals surface area contributed by atoms with E-state index in [-0.39, 0.29) is 18.8 Å². The van der Waals surface area contributed by atoms with Crippen molar-refractivity contribution in [2.75, 3.05) is 105 Å². The number of nitrogens with zero attached hydrogens (tertiary/aromatic N) is 4. The third kappa shape index (κ3) is 17.5. The molecule has 0 bridgehead atoms. The molecule has 0 aromatic carbocycles. The molecule has 1 aliphatic rings. The van der Waals surface area contributed by atoms with E-state index in [0.29, 0.717) is 91.3 Å². The predicted molar refractivity (Wildman–Crippen MR) is 162 cm³/mol. The summed E-state index contributed by atoms with van der Waals surface area (Å²) in [5.74, 6) is -1.90. The van der Waals surface area contributed by atoms with Gasteiger partial charge in [-0.05, 0) is 40.7 Å². The number of carbonyl (C=O) groups excluding carboxylic acids is 1. The van der Waals surface area contributed by atoms with Crippen molar-refractivity contribution in [1.29, 1.82) is 0 Å². The van der Waals surface area contributed by atoms with Crippen LogP contribution in [0.5, 0.6) is 0 Å². The van der Waals surface area contributed by atoms with Gasteiger partial charge in [-0.25, -0.2) is 0 Å². The first kappa shape index (κ1) is 38.4. The van der Waals surface area contributed by atoms with E-state index >= 15 is 0 Å². The molecular weight excluding hydrogens is 564 g/mol. The zero-order chi connectivity index (χ0) is 31.2. The molecular formula is C28H56N4O9Si. The Bertz CT molecular complexity index is 748. The van der Waals surface area contributed by atoms with Gasteiger partial charge in [-0.1, -0.05) is 0 Å². The van der Waals surface area contributed by atoms with Gasteiger partial charge in [0.15, 0.2) is 0 Å². The molecule has 0 radical (unpaired) electrons. The lowest BCUT2D eigenvalue weighted by atomic mass is 10.2. The molecule has 246 valence electrons. The van der Waals surface area contributed by atoms with Gasteiger partial charge in [0.25, 0.3) is 0 Å². The topological polar surface area (TPSA) is 142 Å². The molecule has 1 aliphatic heterocycles. The van der Waals surface area contributed by atoms with E-state index < -0.39 is 20.7 Å². The lowest BCUT2D eigenvalue weighted by Crippen LogP contribution is -2.48. The summed E-state index contributed by atoms with van der Waals surface area (Å²) in [7, 11) is -2.76. The molecule has 0 aliphatic carbocycles. The summed E-state index contributed by atoms with van der Waals surface area (Å²) in [5, 5.41) is 18.5. The maximum absolute atomic E-state index is 12.1. The number of carbonyl (C=O) groups is 3. The lowest BCUT2D eigenvalue weighted by Gasteiger charge is -2.34. The number of esters is 1. The van der Waals surface area contributed by atoms with Crippen LogP contribution in [0.1, 0.15) is 53.4 Å². The Labute approximate surface area is 253 Å². The maximum atomic E-state index is 12.1. The van der Waals surface area contributed by atoms with E-state index in [4.69, 9.17) is 18.0 Å². The van der Waals surface area contributed by atoms with Gasteiger partial charge in [-0.3, -0.25) is 14.4 Å². The Kier molecular flexibility index (Phi) is 20.9. The molecule has 0 aromatic heterocycles. The molecule has 0 amide bonds. The summed E-state index contributed by atoms with van der Waals surface area (Å²) in [5.41, 5.74) is 0. The number of hydrogen-bond acceptors (Lipinski definition) is 11. The van der Waals surface area contributed by atoms with Crippen molar-refractivity contribution in [2.45, 2.75) is 59.4 Å². The Morgan fingerprint density at radius 1 is 0.571 bits per heavy atom. The summed E-state index contributed by atoms with van der Waals surface area (Å²) in [6, 6.07) is 0.715. The largest absolute Gasteiger partial charge is 0.500 e. The highest BCUT2D eigenvalue weighted by atomic mass is 28.4. The van der Waals surface area contributed by atoms with E-state index in [9.17, 15) is 24.6 Å². The van der Waals surface area contributed by atoms with Crippen LogP contribution in [0.4, 0.5) is 0 Å². The van der Waals surface area contributed by atoms with Gasteiger partial charge in [0.1, 0.15) is 0 Å². The Balaban J connectivity index is 3.03. The standard InChI is InChI=1S/C28H56N4O9Si/c1-5-38-28(37)12-16-32-20-18-29(13-9-25-42(39-6-2,40-7-3)41-8-4)17-19-30(14-10-26(33)34)21-22-31(23-24-32)15-11-27(35)36/h5-25H2,1-4H3,(H,33,34)(H,35,36). The average Bonchev–Trinajstić information content (AvgIpc) is 2.93. The molecule has 1 fully saturated rings. The number of aliphatic carboxylic acids is 2. The molecule has 2 N–H and O–H groups in total. The van der Waals surface area contributed by atoms with Crippen molar-refractivity contribution < 1.29 is 42.6 Å². The van der Waals surface area contributed by atoms with Gasteiger partial charge in [0.05, 0.1) is 25.9 Å². The number of ether oxygens (including phenoxy) is 1. The van der Waals surface area contributed by atoms with Crippen molar-refractivity contribution in [3.63, 3.8) is 0 Å². The molecule has 0 atom stereocenters. The van der Waals surface area contributed by atoms with Crippen LogP contribution in [-0.4, -0.2) is 161 Å². The second-order valence-corrected chi connectivity index (χ2v) is 13.0. The molecule has 1 saturated heterocycles.